The Bertz CT molecular complexity index is 2240. The van der Waals surface area contributed by atoms with Crippen molar-refractivity contribution >= 4 is 31.3 Å². The average Bonchev–Trinajstić information content (AvgIpc) is 3.74. The second-order valence-electron chi connectivity index (χ2n) is 14.7. The van der Waals surface area contributed by atoms with Crippen LogP contribution in [0.1, 0.15) is 44.5 Å². The number of rotatable bonds is 10. The summed E-state index contributed by atoms with van der Waals surface area (Å²) in [4.78, 5) is 5.98. The fourth-order valence-electron chi connectivity index (χ4n) is 7.56. The van der Waals surface area contributed by atoms with Crippen LogP contribution in [0.5, 0.6) is 0 Å². The smallest absolute Gasteiger partial charge is 0.282 e. The van der Waals surface area contributed by atoms with Gasteiger partial charge in [-0.05, 0) is 55.6 Å². The van der Waals surface area contributed by atoms with Gasteiger partial charge in [-0.2, -0.15) is 0 Å². The van der Waals surface area contributed by atoms with Gasteiger partial charge in [0.2, 0.25) is 0 Å². The molecule has 0 saturated heterocycles. The minimum Gasteiger partial charge on any atom is -0.282 e. The molecule has 22 nitrogen and oxygen atoms in total. The summed E-state index contributed by atoms with van der Waals surface area (Å²) in [6.07, 6.45) is -8.21. The standard InChI is InChI=1S/C38H38N6O16P4/c39-43-41-33-35(57-61(45)49-17-25-9-1-2-10-26(25)18-50-61)36(58-62(46)51-19-27-11-3-4-12-28(27)20-52-62)34(42-44-40)38(60-64(48)55-23-31-15-7-8-16-32(31)24-56-64)37(33)59-63(47)53-21-29-13-5-6-14-30(29)22-54-63/h1-16,33-38H,17-24H2/t33?,34?,35-,36-,37-,38+/m1/s1. The Hall–Kier alpha value is -4.06. The van der Waals surface area contributed by atoms with Crippen molar-refractivity contribution in [2.45, 2.75) is 89.4 Å². The van der Waals surface area contributed by atoms with Crippen molar-refractivity contribution in [1.82, 2.24) is 0 Å². The molecule has 4 aromatic rings. The number of fused-ring (bicyclic) bond motifs is 4. The van der Waals surface area contributed by atoms with Crippen molar-refractivity contribution in [2.75, 3.05) is 0 Å². The Balaban J connectivity index is 1.15. The van der Waals surface area contributed by atoms with E-state index in [1.807, 2.05) is 0 Å². The third-order valence-electron chi connectivity index (χ3n) is 10.9. The second-order valence-corrected chi connectivity index (χ2v) is 21.2. The van der Waals surface area contributed by atoms with E-state index in [1.54, 1.807) is 97.1 Å². The Morgan fingerprint density at radius 1 is 0.375 bits per heavy atom. The monoisotopic (exact) mass is 958 g/mol. The largest absolute Gasteiger partial charge is 0.475 e. The first kappa shape index (κ1) is 45.1. The lowest BCUT2D eigenvalue weighted by atomic mass is 9.82. The van der Waals surface area contributed by atoms with Gasteiger partial charge in [0.25, 0.3) is 0 Å². The molecule has 1 aliphatic carbocycles. The van der Waals surface area contributed by atoms with Crippen LogP contribution in [0.4, 0.5) is 0 Å². The molecule has 0 N–H and O–H groups in total. The molecule has 0 aromatic heterocycles. The molecule has 0 bridgehead atoms. The van der Waals surface area contributed by atoms with Gasteiger partial charge in [0.15, 0.2) is 0 Å². The van der Waals surface area contributed by atoms with Crippen LogP contribution in [0.3, 0.4) is 0 Å². The Kier molecular flexibility index (Phi) is 13.4. The van der Waals surface area contributed by atoms with Crippen LogP contribution in [0.2, 0.25) is 0 Å². The number of nitrogens with zero attached hydrogens (tertiary/aromatic N) is 6. The second kappa shape index (κ2) is 19.0. The normalized spacial score (nSPS) is 27.7. The van der Waals surface area contributed by atoms with Gasteiger partial charge in [0.05, 0.1) is 64.9 Å². The van der Waals surface area contributed by atoms with Crippen LogP contribution in [0.15, 0.2) is 107 Å². The molecule has 4 heterocycles. The van der Waals surface area contributed by atoms with Crippen molar-refractivity contribution in [3.8, 4) is 0 Å². The summed E-state index contributed by atoms with van der Waals surface area (Å²) in [5, 5.41) is 7.85. The summed E-state index contributed by atoms with van der Waals surface area (Å²) in [7, 11) is -19.3. The quantitative estimate of drug-likeness (QED) is 0.0618. The van der Waals surface area contributed by atoms with E-state index in [1.165, 1.54) is 0 Å². The molecule has 0 radical (unpaired) electrons. The lowest BCUT2D eigenvalue weighted by Crippen LogP contribution is -2.64. The number of benzene rings is 4. The fourth-order valence-corrected chi connectivity index (χ4v) is 12.9. The Morgan fingerprint density at radius 2 is 0.547 bits per heavy atom. The third-order valence-corrected chi connectivity index (χ3v) is 16.4. The highest BCUT2D eigenvalue weighted by atomic mass is 31.2. The summed E-state index contributed by atoms with van der Waals surface area (Å²) >= 11 is 0. The van der Waals surface area contributed by atoms with Crippen LogP contribution >= 0.6 is 31.3 Å². The molecular formula is C38H38N6O16P4. The van der Waals surface area contributed by atoms with Crippen LogP contribution in [-0.4, -0.2) is 36.5 Å². The fraction of sp³-hybridized carbons (Fsp3) is 0.368. The van der Waals surface area contributed by atoms with Gasteiger partial charge in [-0.1, -0.05) is 107 Å². The maximum atomic E-state index is 14.7. The molecule has 336 valence electrons. The third kappa shape index (κ3) is 9.87. The zero-order valence-electron chi connectivity index (χ0n) is 33.4. The highest BCUT2D eigenvalue weighted by molar-refractivity contribution is 7.49. The highest BCUT2D eigenvalue weighted by Gasteiger charge is 2.61. The molecule has 0 spiro atoms. The first-order valence-corrected chi connectivity index (χ1v) is 25.5. The van der Waals surface area contributed by atoms with Crippen LogP contribution in [0, 0.1) is 0 Å². The number of hydrogen-bond acceptors (Lipinski definition) is 18. The molecule has 4 aliphatic heterocycles. The predicted molar refractivity (Wildman–Crippen MR) is 220 cm³/mol. The van der Waals surface area contributed by atoms with Gasteiger partial charge < -0.3 is 0 Å². The predicted octanol–water partition coefficient (Wildman–Crippen LogP) is 10.3. The zero-order valence-corrected chi connectivity index (χ0v) is 36.9. The van der Waals surface area contributed by atoms with E-state index in [2.05, 4.69) is 20.1 Å². The van der Waals surface area contributed by atoms with Gasteiger partial charge in [-0.25, -0.2) is 18.3 Å². The number of hydrogen-bond donors (Lipinski definition) is 0. The minimum atomic E-state index is -4.83. The van der Waals surface area contributed by atoms with Gasteiger partial charge in [0.1, 0.15) is 24.4 Å². The van der Waals surface area contributed by atoms with E-state index >= 15 is 0 Å². The summed E-state index contributed by atoms with van der Waals surface area (Å²) in [5.74, 6) is 0. The number of phosphoric ester groups is 4. The Labute approximate surface area is 365 Å². The van der Waals surface area contributed by atoms with E-state index < -0.39 is 67.8 Å². The number of phosphoric acid groups is 4. The first-order chi connectivity index (χ1) is 31.0. The maximum absolute atomic E-state index is 14.7. The molecule has 4 aromatic carbocycles. The van der Waals surface area contributed by atoms with Crippen LogP contribution in [-0.2, 0) is 125 Å². The molecule has 6 atom stereocenters. The van der Waals surface area contributed by atoms with Crippen molar-refractivity contribution in [3.63, 3.8) is 0 Å². The van der Waals surface area contributed by atoms with Gasteiger partial charge in [-0.3, -0.25) is 54.3 Å². The summed E-state index contributed by atoms with van der Waals surface area (Å²) in [5.41, 5.74) is 25.2. The number of azide groups is 2. The zero-order chi connectivity index (χ0) is 44.4. The van der Waals surface area contributed by atoms with Crippen molar-refractivity contribution < 1.29 is 72.5 Å². The molecule has 2 unspecified atom stereocenters. The van der Waals surface area contributed by atoms with Crippen molar-refractivity contribution in [1.29, 1.82) is 0 Å². The molecular weight excluding hydrogens is 920 g/mol. The van der Waals surface area contributed by atoms with E-state index in [0.29, 0.717) is 44.5 Å². The molecule has 1 saturated carbocycles. The van der Waals surface area contributed by atoms with Crippen molar-refractivity contribution in [2.24, 2.45) is 10.2 Å². The summed E-state index contributed by atoms with van der Waals surface area (Å²) in [6.45, 7) is -2.30. The van der Waals surface area contributed by atoms with E-state index in [9.17, 15) is 29.3 Å². The topological polar surface area (TPSA) is 277 Å². The van der Waals surface area contributed by atoms with Crippen molar-refractivity contribution in [3.05, 3.63) is 162 Å². The lowest BCUT2D eigenvalue weighted by Gasteiger charge is -2.48. The van der Waals surface area contributed by atoms with Gasteiger partial charge >= 0.3 is 31.3 Å². The van der Waals surface area contributed by atoms with E-state index in [4.69, 9.17) is 54.3 Å². The molecule has 9 rings (SSSR count). The van der Waals surface area contributed by atoms with Crippen LogP contribution in [0.25, 0.3) is 20.9 Å². The molecule has 1 fully saturated rings. The lowest BCUT2D eigenvalue weighted by molar-refractivity contribution is -0.128. The molecule has 5 aliphatic rings. The van der Waals surface area contributed by atoms with E-state index in [-0.39, 0.29) is 52.9 Å². The first-order valence-electron chi connectivity index (χ1n) is 19.6. The van der Waals surface area contributed by atoms with Crippen LogP contribution < -0.4 is 0 Å². The molecule has 26 heteroatoms. The SMILES string of the molecule is [N-]=[N+]=NC1[C@@H](OP2(=O)OCc3ccccc3CO2)[C@H](OP2(=O)OCc3ccccc3CO2)C(N=[N+]=[N-])[C@H](OP2(=O)OCc3ccccc3CO2)[C@@H]1OP1(=O)OCc2ccccc2CO1. The van der Waals surface area contributed by atoms with E-state index in [0.717, 1.165) is 0 Å². The molecule has 0 amide bonds. The Morgan fingerprint density at radius 3 is 0.703 bits per heavy atom. The maximum Gasteiger partial charge on any atom is 0.475 e. The highest BCUT2D eigenvalue weighted by Crippen LogP contribution is 2.63. The average molecular weight is 959 g/mol. The minimum absolute atomic E-state index is 0.288. The molecule has 64 heavy (non-hydrogen) atoms. The van der Waals surface area contributed by atoms with Gasteiger partial charge in [-0.15, -0.1) is 0 Å². The van der Waals surface area contributed by atoms with Gasteiger partial charge in [0, 0.05) is 9.82 Å². The summed E-state index contributed by atoms with van der Waals surface area (Å²) < 4.78 is 130. The summed E-state index contributed by atoms with van der Waals surface area (Å²) in [6, 6.07) is 23.7.